The first-order valence-corrected chi connectivity index (χ1v) is 4.94. The Morgan fingerprint density at radius 2 is 1.71 bits per heavy atom. The molecular weight excluding hydrogens is 254 g/mol. The molecule has 0 aliphatic carbocycles. The van der Waals surface area contributed by atoms with Crippen LogP contribution in [-0.4, -0.2) is 9.94 Å². The topological polar surface area (TPSA) is 20.2 Å². The molecule has 0 aliphatic heterocycles. The molecule has 0 spiro atoms. The van der Waals surface area contributed by atoms with E-state index in [1.807, 2.05) is 0 Å². The van der Waals surface area contributed by atoms with Gasteiger partial charge in [0.05, 0.1) is 0 Å². The highest BCUT2D eigenvalue weighted by molar-refractivity contribution is 9.10. The first-order chi connectivity index (χ1) is 6.34. The standard InChI is InChI=1S/C10H11BrF2O/c1-6-4-3-5-7(2)8(6)9(14)10(11,12)13/h3-5,9,14H,1-2H3. The van der Waals surface area contributed by atoms with Crippen LogP contribution in [0.2, 0.25) is 0 Å². The molecule has 1 aromatic rings. The van der Waals surface area contributed by atoms with E-state index in [0.717, 1.165) is 0 Å². The minimum absolute atomic E-state index is 0.286. The lowest BCUT2D eigenvalue weighted by Gasteiger charge is -2.20. The highest BCUT2D eigenvalue weighted by atomic mass is 79.9. The molecule has 78 valence electrons. The number of benzene rings is 1. The third-order valence-corrected chi connectivity index (χ3v) is 2.56. The summed E-state index contributed by atoms with van der Waals surface area (Å²) in [5, 5.41) is 9.42. The van der Waals surface area contributed by atoms with Gasteiger partial charge in [-0.25, -0.2) is 0 Å². The van der Waals surface area contributed by atoms with Crippen LogP contribution in [0.4, 0.5) is 8.78 Å². The quantitative estimate of drug-likeness (QED) is 0.813. The van der Waals surface area contributed by atoms with E-state index in [0.29, 0.717) is 11.1 Å². The zero-order valence-corrected chi connectivity index (χ0v) is 9.48. The van der Waals surface area contributed by atoms with Gasteiger partial charge in [-0.1, -0.05) is 18.2 Å². The molecule has 14 heavy (non-hydrogen) atoms. The minimum Gasteiger partial charge on any atom is -0.381 e. The number of hydrogen-bond acceptors (Lipinski definition) is 1. The third-order valence-electron chi connectivity index (χ3n) is 2.13. The van der Waals surface area contributed by atoms with Crippen LogP contribution in [0, 0.1) is 13.8 Å². The van der Waals surface area contributed by atoms with Crippen molar-refractivity contribution in [1.82, 2.24) is 0 Å². The lowest BCUT2D eigenvalue weighted by atomic mass is 9.98. The van der Waals surface area contributed by atoms with Gasteiger partial charge in [0.2, 0.25) is 0 Å². The Labute approximate surface area is 89.9 Å². The van der Waals surface area contributed by atoms with Crippen molar-refractivity contribution in [2.45, 2.75) is 24.8 Å². The second-order valence-corrected chi connectivity index (χ2v) is 4.31. The average molecular weight is 265 g/mol. The van der Waals surface area contributed by atoms with Gasteiger partial charge in [0, 0.05) is 0 Å². The molecule has 0 heterocycles. The Hall–Kier alpha value is -0.480. The first kappa shape index (κ1) is 11.6. The van der Waals surface area contributed by atoms with Crippen LogP contribution >= 0.6 is 15.9 Å². The molecule has 1 rings (SSSR count). The maximum absolute atomic E-state index is 12.8. The molecule has 1 N–H and O–H groups in total. The summed E-state index contributed by atoms with van der Waals surface area (Å²) in [6.07, 6.45) is -1.80. The van der Waals surface area contributed by atoms with Crippen molar-refractivity contribution >= 4 is 15.9 Å². The van der Waals surface area contributed by atoms with Crippen molar-refractivity contribution in [3.05, 3.63) is 34.9 Å². The van der Waals surface area contributed by atoms with Gasteiger partial charge >= 0.3 is 4.83 Å². The van der Waals surface area contributed by atoms with Crippen molar-refractivity contribution in [2.75, 3.05) is 0 Å². The van der Waals surface area contributed by atoms with E-state index in [1.165, 1.54) is 0 Å². The fourth-order valence-corrected chi connectivity index (χ4v) is 1.65. The molecule has 0 radical (unpaired) electrons. The van der Waals surface area contributed by atoms with Gasteiger partial charge in [0.15, 0.2) is 6.10 Å². The molecular formula is C10H11BrF2O. The fourth-order valence-electron chi connectivity index (χ4n) is 1.42. The van der Waals surface area contributed by atoms with Crippen LogP contribution in [0.5, 0.6) is 0 Å². The Kier molecular flexibility index (Phi) is 3.27. The average Bonchev–Trinajstić information content (AvgIpc) is 2.01. The Morgan fingerprint density at radius 1 is 1.29 bits per heavy atom. The maximum Gasteiger partial charge on any atom is 0.330 e. The van der Waals surface area contributed by atoms with E-state index in [9.17, 15) is 13.9 Å². The van der Waals surface area contributed by atoms with Crippen LogP contribution in [0.3, 0.4) is 0 Å². The molecule has 0 amide bonds. The summed E-state index contributed by atoms with van der Waals surface area (Å²) in [7, 11) is 0. The molecule has 1 atom stereocenters. The largest absolute Gasteiger partial charge is 0.381 e. The van der Waals surface area contributed by atoms with Crippen molar-refractivity contribution < 1.29 is 13.9 Å². The predicted octanol–water partition coefficient (Wildman–Crippen LogP) is 3.32. The van der Waals surface area contributed by atoms with E-state index in [1.54, 1.807) is 32.0 Å². The summed E-state index contributed by atoms with van der Waals surface area (Å²) in [4.78, 5) is -3.29. The van der Waals surface area contributed by atoms with Gasteiger partial charge in [-0.2, -0.15) is 8.78 Å². The zero-order chi connectivity index (χ0) is 10.9. The molecule has 0 aliphatic rings. The summed E-state index contributed by atoms with van der Waals surface area (Å²) in [6.45, 7) is 3.40. The van der Waals surface area contributed by atoms with E-state index in [4.69, 9.17) is 0 Å². The summed E-state index contributed by atoms with van der Waals surface area (Å²) in [6, 6.07) is 5.17. The Bertz CT molecular complexity index is 313. The fraction of sp³-hybridized carbons (Fsp3) is 0.400. The molecule has 1 nitrogen and oxygen atoms in total. The van der Waals surface area contributed by atoms with Gasteiger partial charge in [0.25, 0.3) is 0 Å². The molecule has 0 saturated carbocycles. The number of halogens is 3. The smallest absolute Gasteiger partial charge is 0.330 e. The summed E-state index contributed by atoms with van der Waals surface area (Å²) in [5.41, 5.74) is 1.61. The van der Waals surface area contributed by atoms with E-state index < -0.39 is 10.9 Å². The maximum atomic E-state index is 12.8. The SMILES string of the molecule is Cc1cccc(C)c1C(O)C(F)(F)Br. The molecule has 1 unspecified atom stereocenters. The van der Waals surface area contributed by atoms with Gasteiger partial charge in [-0.15, -0.1) is 0 Å². The highest BCUT2D eigenvalue weighted by Crippen LogP contribution is 2.38. The van der Waals surface area contributed by atoms with Gasteiger partial charge in [-0.3, -0.25) is 0 Å². The number of aliphatic hydroxyl groups excluding tert-OH is 1. The summed E-state index contributed by atoms with van der Waals surface area (Å²) in [5.74, 6) is 0. The minimum atomic E-state index is -3.29. The van der Waals surface area contributed by atoms with E-state index >= 15 is 0 Å². The second-order valence-electron chi connectivity index (χ2n) is 3.25. The van der Waals surface area contributed by atoms with Gasteiger partial charge < -0.3 is 5.11 Å². The lowest BCUT2D eigenvalue weighted by molar-refractivity contribution is -0.0301. The molecule has 4 heteroatoms. The number of alkyl halides is 3. The number of rotatable bonds is 2. The molecule has 1 aromatic carbocycles. The number of aliphatic hydroxyl groups is 1. The summed E-state index contributed by atoms with van der Waals surface area (Å²) < 4.78 is 25.7. The Balaban J connectivity index is 3.19. The number of aryl methyl sites for hydroxylation is 2. The van der Waals surface area contributed by atoms with Crippen LogP contribution in [0.15, 0.2) is 18.2 Å². The Morgan fingerprint density at radius 3 is 2.07 bits per heavy atom. The highest BCUT2D eigenvalue weighted by Gasteiger charge is 2.37. The van der Waals surface area contributed by atoms with Crippen molar-refractivity contribution in [2.24, 2.45) is 0 Å². The van der Waals surface area contributed by atoms with Crippen LogP contribution in [-0.2, 0) is 0 Å². The molecule has 0 saturated heterocycles. The lowest BCUT2D eigenvalue weighted by Crippen LogP contribution is -2.20. The van der Waals surface area contributed by atoms with Crippen LogP contribution < -0.4 is 0 Å². The summed E-state index contributed by atoms with van der Waals surface area (Å²) >= 11 is 2.17. The van der Waals surface area contributed by atoms with Crippen molar-refractivity contribution in [3.63, 3.8) is 0 Å². The van der Waals surface area contributed by atoms with E-state index in [2.05, 4.69) is 15.9 Å². The third kappa shape index (κ3) is 2.30. The molecule has 0 bridgehead atoms. The van der Waals surface area contributed by atoms with Crippen LogP contribution in [0.1, 0.15) is 22.8 Å². The monoisotopic (exact) mass is 264 g/mol. The second kappa shape index (κ2) is 3.95. The zero-order valence-electron chi connectivity index (χ0n) is 7.89. The first-order valence-electron chi connectivity index (χ1n) is 4.15. The predicted molar refractivity (Wildman–Crippen MR) is 54.7 cm³/mol. The molecule has 0 aromatic heterocycles. The van der Waals surface area contributed by atoms with Gasteiger partial charge in [0.1, 0.15) is 0 Å². The van der Waals surface area contributed by atoms with Crippen LogP contribution in [0.25, 0.3) is 0 Å². The normalized spacial score (nSPS) is 14.1. The van der Waals surface area contributed by atoms with E-state index in [-0.39, 0.29) is 5.56 Å². The van der Waals surface area contributed by atoms with Crippen molar-refractivity contribution in [3.8, 4) is 0 Å². The molecule has 0 fully saturated rings. The number of hydrogen-bond donors (Lipinski definition) is 1. The van der Waals surface area contributed by atoms with Crippen molar-refractivity contribution in [1.29, 1.82) is 0 Å². The van der Waals surface area contributed by atoms with Gasteiger partial charge in [-0.05, 0) is 46.5 Å².